The number of hydrogen-bond donors (Lipinski definition) is 2. The molecule has 19 heavy (non-hydrogen) atoms. The van der Waals surface area contributed by atoms with E-state index in [2.05, 4.69) is 34.6 Å². The lowest BCUT2D eigenvalue weighted by atomic mass is 9.85. The van der Waals surface area contributed by atoms with Gasteiger partial charge in [0.1, 0.15) is 0 Å². The topological polar surface area (TPSA) is 40.5 Å². The highest BCUT2D eigenvalue weighted by Crippen LogP contribution is 2.24. The van der Waals surface area contributed by atoms with Crippen molar-refractivity contribution in [3.05, 3.63) is 0 Å². The highest BCUT2D eigenvalue weighted by molar-refractivity contribution is 4.72. The second kappa shape index (κ2) is 10.7. The Morgan fingerprint density at radius 2 is 1.53 bits per heavy atom. The molecule has 2 heteroatoms. The first-order valence-corrected chi connectivity index (χ1v) is 8.26. The summed E-state index contributed by atoms with van der Waals surface area (Å²) in [5.41, 5.74) is 0. The quantitative estimate of drug-likeness (QED) is 0.586. The fraction of sp³-hybridized carbons (Fsp3) is 1.00. The Kier molecular flexibility index (Phi) is 10.6. The molecule has 2 nitrogen and oxygen atoms in total. The van der Waals surface area contributed by atoms with Crippen molar-refractivity contribution < 1.29 is 10.2 Å². The van der Waals surface area contributed by atoms with Crippen molar-refractivity contribution >= 4 is 0 Å². The van der Waals surface area contributed by atoms with Crippen LogP contribution in [0.5, 0.6) is 0 Å². The van der Waals surface area contributed by atoms with Gasteiger partial charge in [-0.1, -0.05) is 53.9 Å². The fourth-order valence-corrected chi connectivity index (χ4v) is 2.94. The number of aliphatic hydroxyl groups excluding tert-OH is 2. The molecular weight excluding hydrogens is 236 g/mol. The summed E-state index contributed by atoms with van der Waals surface area (Å²) >= 11 is 0. The summed E-state index contributed by atoms with van der Waals surface area (Å²) in [6.45, 7) is 10.8. The Bertz CT molecular complexity index is 203. The molecule has 0 aliphatic carbocycles. The maximum absolute atomic E-state index is 10.3. The predicted octanol–water partition coefficient (Wildman–Crippen LogP) is 4.39. The van der Waals surface area contributed by atoms with Gasteiger partial charge in [-0.25, -0.2) is 0 Å². The average Bonchev–Trinajstić information content (AvgIpc) is 2.28. The van der Waals surface area contributed by atoms with Crippen LogP contribution < -0.4 is 0 Å². The molecule has 0 fully saturated rings. The third-order valence-corrected chi connectivity index (χ3v) is 4.06. The monoisotopic (exact) mass is 272 g/mol. The summed E-state index contributed by atoms with van der Waals surface area (Å²) in [5.74, 6) is 1.38. The molecule has 0 aliphatic rings. The molecule has 0 aromatic carbocycles. The highest BCUT2D eigenvalue weighted by atomic mass is 16.3. The van der Waals surface area contributed by atoms with Crippen LogP contribution in [-0.4, -0.2) is 22.4 Å². The largest absolute Gasteiger partial charge is 0.393 e. The molecule has 0 rings (SSSR count). The minimum Gasteiger partial charge on any atom is -0.393 e. The predicted molar refractivity (Wildman–Crippen MR) is 83.2 cm³/mol. The van der Waals surface area contributed by atoms with Crippen LogP contribution in [0.25, 0.3) is 0 Å². The first-order chi connectivity index (χ1) is 8.90. The van der Waals surface area contributed by atoms with E-state index >= 15 is 0 Å². The van der Waals surface area contributed by atoms with Crippen molar-refractivity contribution in [1.82, 2.24) is 0 Å². The van der Waals surface area contributed by atoms with E-state index in [-0.39, 0.29) is 12.2 Å². The molecule has 0 heterocycles. The van der Waals surface area contributed by atoms with Crippen molar-refractivity contribution in [3.8, 4) is 0 Å². The third-order valence-electron chi connectivity index (χ3n) is 4.06. The molecular formula is C17H36O2. The van der Waals surface area contributed by atoms with Crippen molar-refractivity contribution in [2.24, 2.45) is 17.8 Å². The van der Waals surface area contributed by atoms with Crippen LogP contribution in [0, 0.1) is 17.8 Å². The maximum Gasteiger partial charge on any atom is 0.0570 e. The SMILES string of the molecule is CCCCC(CC)C(O)CC(C)CC(O)CC(C)C. The smallest absolute Gasteiger partial charge is 0.0570 e. The first kappa shape index (κ1) is 18.9. The fourth-order valence-electron chi connectivity index (χ4n) is 2.94. The second-order valence-corrected chi connectivity index (χ2v) is 6.74. The minimum absolute atomic E-state index is 0.196. The lowest BCUT2D eigenvalue weighted by molar-refractivity contribution is 0.0591. The molecule has 0 radical (unpaired) electrons. The Balaban J connectivity index is 4.04. The van der Waals surface area contributed by atoms with E-state index in [0.717, 1.165) is 32.1 Å². The van der Waals surface area contributed by atoms with Gasteiger partial charge in [0.15, 0.2) is 0 Å². The normalized spacial score (nSPS) is 18.3. The van der Waals surface area contributed by atoms with Gasteiger partial charge in [-0.2, -0.15) is 0 Å². The summed E-state index contributed by atoms with van der Waals surface area (Å²) in [6.07, 6.45) is 6.71. The Hall–Kier alpha value is -0.0800. The van der Waals surface area contributed by atoms with Crippen LogP contribution >= 0.6 is 0 Å². The van der Waals surface area contributed by atoms with Gasteiger partial charge in [0.05, 0.1) is 12.2 Å². The highest BCUT2D eigenvalue weighted by Gasteiger charge is 2.21. The Morgan fingerprint density at radius 3 is 2.00 bits per heavy atom. The summed E-state index contributed by atoms with van der Waals surface area (Å²) in [4.78, 5) is 0. The van der Waals surface area contributed by atoms with Crippen LogP contribution in [-0.2, 0) is 0 Å². The first-order valence-electron chi connectivity index (χ1n) is 8.26. The van der Waals surface area contributed by atoms with Crippen LogP contribution in [0.3, 0.4) is 0 Å². The lowest BCUT2D eigenvalue weighted by Crippen LogP contribution is -2.24. The molecule has 0 aliphatic heterocycles. The number of hydrogen-bond acceptors (Lipinski definition) is 2. The molecule has 4 unspecified atom stereocenters. The number of rotatable bonds is 11. The van der Waals surface area contributed by atoms with Crippen molar-refractivity contribution in [2.45, 2.75) is 91.8 Å². The van der Waals surface area contributed by atoms with Crippen LogP contribution in [0.4, 0.5) is 0 Å². The molecule has 2 N–H and O–H groups in total. The summed E-state index contributed by atoms with van der Waals surface area (Å²) in [5, 5.41) is 20.3. The molecule has 0 aromatic rings. The van der Waals surface area contributed by atoms with Crippen LogP contribution in [0.15, 0.2) is 0 Å². The zero-order valence-electron chi connectivity index (χ0n) is 13.7. The van der Waals surface area contributed by atoms with E-state index in [1.54, 1.807) is 0 Å². The zero-order valence-corrected chi connectivity index (χ0v) is 13.7. The van der Waals surface area contributed by atoms with Gasteiger partial charge in [0.2, 0.25) is 0 Å². The number of aliphatic hydroxyl groups is 2. The second-order valence-electron chi connectivity index (χ2n) is 6.74. The van der Waals surface area contributed by atoms with Gasteiger partial charge in [-0.05, 0) is 43.4 Å². The molecule has 116 valence electrons. The van der Waals surface area contributed by atoms with Gasteiger partial charge >= 0.3 is 0 Å². The average molecular weight is 272 g/mol. The van der Waals surface area contributed by atoms with Gasteiger partial charge in [0, 0.05) is 0 Å². The molecule has 0 amide bonds. The Morgan fingerprint density at radius 1 is 0.895 bits per heavy atom. The van der Waals surface area contributed by atoms with Crippen molar-refractivity contribution in [1.29, 1.82) is 0 Å². The number of unbranched alkanes of at least 4 members (excludes halogenated alkanes) is 1. The van der Waals surface area contributed by atoms with Crippen LogP contribution in [0.1, 0.15) is 79.6 Å². The van der Waals surface area contributed by atoms with Crippen molar-refractivity contribution in [3.63, 3.8) is 0 Å². The van der Waals surface area contributed by atoms with E-state index in [1.807, 2.05) is 0 Å². The maximum atomic E-state index is 10.3. The standard InChI is InChI=1S/C17H36O2/c1-6-8-9-15(7-2)17(19)12-14(5)11-16(18)10-13(3)4/h13-19H,6-12H2,1-5H3. The van der Waals surface area contributed by atoms with Gasteiger partial charge in [0.25, 0.3) is 0 Å². The molecule has 0 saturated carbocycles. The molecule has 0 spiro atoms. The van der Waals surface area contributed by atoms with E-state index < -0.39 is 0 Å². The summed E-state index contributed by atoms with van der Waals surface area (Å²) in [7, 11) is 0. The van der Waals surface area contributed by atoms with Crippen molar-refractivity contribution in [2.75, 3.05) is 0 Å². The zero-order chi connectivity index (χ0) is 14.8. The van der Waals surface area contributed by atoms with Gasteiger partial charge in [-0.15, -0.1) is 0 Å². The van der Waals surface area contributed by atoms with Crippen LogP contribution in [0.2, 0.25) is 0 Å². The van der Waals surface area contributed by atoms with E-state index in [4.69, 9.17) is 0 Å². The third kappa shape index (κ3) is 9.45. The van der Waals surface area contributed by atoms with Gasteiger partial charge in [-0.3, -0.25) is 0 Å². The molecule has 0 bridgehead atoms. The summed E-state index contributed by atoms with van der Waals surface area (Å²) < 4.78 is 0. The van der Waals surface area contributed by atoms with Gasteiger partial charge < -0.3 is 10.2 Å². The van der Waals surface area contributed by atoms with E-state index in [0.29, 0.717) is 17.8 Å². The van der Waals surface area contributed by atoms with E-state index in [1.165, 1.54) is 12.8 Å². The molecule has 0 saturated heterocycles. The summed E-state index contributed by atoms with van der Waals surface area (Å²) in [6, 6.07) is 0. The lowest BCUT2D eigenvalue weighted by Gasteiger charge is -2.25. The molecule has 0 aromatic heterocycles. The minimum atomic E-state index is -0.210. The molecule has 4 atom stereocenters. The van der Waals surface area contributed by atoms with E-state index in [9.17, 15) is 10.2 Å². The Labute approximate surface area is 120 Å².